The SMILES string of the molecule is CC(C)C(NC(=O)c1cccc2nccnc12)/C(N)=N/O. The highest BCUT2D eigenvalue weighted by Crippen LogP contribution is 2.14. The van der Waals surface area contributed by atoms with Gasteiger partial charge >= 0.3 is 0 Å². The fourth-order valence-electron chi connectivity index (χ4n) is 2.04. The molecule has 0 saturated carbocycles. The quantitative estimate of drug-likeness (QED) is 0.337. The van der Waals surface area contributed by atoms with E-state index in [0.717, 1.165) is 0 Å². The van der Waals surface area contributed by atoms with Crippen molar-refractivity contribution in [1.29, 1.82) is 0 Å². The van der Waals surface area contributed by atoms with E-state index in [-0.39, 0.29) is 17.7 Å². The number of nitrogens with one attached hydrogen (secondary N) is 1. The van der Waals surface area contributed by atoms with E-state index in [1.54, 1.807) is 24.4 Å². The summed E-state index contributed by atoms with van der Waals surface area (Å²) in [7, 11) is 0. The summed E-state index contributed by atoms with van der Waals surface area (Å²) in [5.41, 5.74) is 7.16. The summed E-state index contributed by atoms with van der Waals surface area (Å²) in [6.45, 7) is 3.73. The first-order valence-electron chi connectivity index (χ1n) is 6.52. The van der Waals surface area contributed by atoms with Gasteiger partial charge < -0.3 is 16.3 Å². The van der Waals surface area contributed by atoms with E-state index in [9.17, 15) is 4.79 Å². The summed E-state index contributed by atoms with van der Waals surface area (Å²) in [6, 6.07) is 4.62. The van der Waals surface area contributed by atoms with Crippen LogP contribution in [0, 0.1) is 5.92 Å². The summed E-state index contributed by atoms with van der Waals surface area (Å²) in [4.78, 5) is 20.8. The molecule has 1 amide bonds. The van der Waals surface area contributed by atoms with Crippen LogP contribution in [-0.4, -0.2) is 33.0 Å². The van der Waals surface area contributed by atoms with Gasteiger partial charge in [-0.25, -0.2) is 0 Å². The Morgan fingerprint density at radius 2 is 2.05 bits per heavy atom. The van der Waals surface area contributed by atoms with Crippen molar-refractivity contribution in [3.05, 3.63) is 36.2 Å². The number of rotatable bonds is 4. The molecule has 7 heteroatoms. The molecule has 0 spiro atoms. The number of benzene rings is 1. The standard InChI is InChI=1S/C14H17N5O2/c1-8(2)11(13(15)19-21)18-14(20)9-4-3-5-10-12(9)17-7-6-16-10/h3-8,11,21H,1-2H3,(H2,15,19)(H,18,20). The monoisotopic (exact) mass is 287 g/mol. The van der Waals surface area contributed by atoms with Gasteiger partial charge in [0.15, 0.2) is 5.84 Å². The smallest absolute Gasteiger partial charge is 0.254 e. The number of para-hydroxylation sites is 1. The van der Waals surface area contributed by atoms with Gasteiger partial charge in [-0.15, -0.1) is 0 Å². The maximum Gasteiger partial charge on any atom is 0.254 e. The van der Waals surface area contributed by atoms with Crippen LogP contribution in [0.1, 0.15) is 24.2 Å². The molecule has 1 aromatic carbocycles. The Labute approximate surface area is 121 Å². The highest BCUT2D eigenvalue weighted by atomic mass is 16.4. The van der Waals surface area contributed by atoms with Crippen LogP contribution in [0.5, 0.6) is 0 Å². The minimum Gasteiger partial charge on any atom is -0.409 e. The Bertz CT molecular complexity index is 679. The normalized spacial score (nSPS) is 13.4. The summed E-state index contributed by atoms with van der Waals surface area (Å²) in [6.07, 6.45) is 3.10. The van der Waals surface area contributed by atoms with E-state index in [1.807, 2.05) is 13.8 Å². The zero-order valence-corrected chi connectivity index (χ0v) is 11.8. The van der Waals surface area contributed by atoms with E-state index in [0.29, 0.717) is 16.6 Å². The molecule has 0 bridgehead atoms. The Balaban J connectivity index is 2.34. The molecule has 1 atom stereocenters. The third-order valence-corrected chi connectivity index (χ3v) is 3.13. The molecule has 4 N–H and O–H groups in total. The molecule has 2 aromatic rings. The molecule has 2 rings (SSSR count). The molecule has 0 aliphatic heterocycles. The van der Waals surface area contributed by atoms with Crippen LogP contribution in [0.2, 0.25) is 0 Å². The van der Waals surface area contributed by atoms with Crippen molar-refractivity contribution >= 4 is 22.8 Å². The largest absolute Gasteiger partial charge is 0.409 e. The zero-order valence-electron chi connectivity index (χ0n) is 11.8. The molecule has 1 unspecified atom stereocenters. The minimum atomic E-state index is -0.561. The van der Waals surface area contributed by atoms with Crippen LogP contribution in [0.15, 0.2) is 35.7 Å². The first kappa shape index (κ1) is 14.7. The Morgan fingerprint density at radius 3 is 2.71 bits per heavy atom. The summed E-state index contributed by atoms with van der Waals surface area (Å²) >= 11 is 0. The average Bonchev–Trinajstić information content (AvgIpc) is 2.50. The number of nitrogens with two attached hydrogens (primary N) is 1. The van der Waals surface area contributed by atoms with Crippen molar-refractivity contribution in [3.63, 3.8) is 0 Å². The molecule has 0 aliphatic carbocycles. The lowest BCUT2D eigenvalue weighted by Gasteiger charge is -2.21. The lowest BCUT2D eigenvalue weighted by Crippen LogP contribution is -2.47. The van der Waals surface area contributed by atoms with Crippen molar-refractivity contribution in [2.45, 2.75) is 19.9 Å². The van der Waals surface area contributed by atoms with Crippen LogP contribution in [-0.2, 0) is 0 Å². The van der Waals surface area contributed by atoms with E-state index in [1.165, 1.54) is 6.20 Å². The number of amides is 1. The van der Waals surface area contributed by atoms with Gasteiger partial charge in [0.1, 0.15) is 5.52 Å². The third kappa shape index (κ3) is 3.07. The number of oxime groups is 1. The van der Waals surface area contributed by atoms with Crippen LogP contribution in [0.4, 0.5) is 0 Å². The Morgan fingerprint density at radius 1 is 1.33 bits per heavy atom. The molecule has 0 radical (unpaired) electrons. The maximum atomic E-state index is 12.4. The lowest BCUT2D eigenvalue weighted by atomic mass is 10.0. The van der Waals surface area contributed by atoms with Crippen molar-refractivity contribution in [1.82, 2.24) is 15.3 Å². The Hall–Kier alpha value is -2.70. The summed E-state index contributed by atoms with van der Waals surface area (Å²) in [5.74, 6) is -0.401. The van der Waals surface area contributed by atoms with E-state index >= 15 is 0 Å². The van der Waals surface area contributed by atoms with E-state index in [4.69, 9.17) is 10.9 Å². The van der Waals surface area contributed by atoms with Crippen LogP contribution in [0.25, 0.3) is 11.0 Å². The summed E-state index contributed by atoms with van der Waals surface area (Å²) in [5, 5.41) is 14.5. The van der Waals surface area contributed by atoms with Crippen molar-refractivity contribution in [2.24, 2.45) is 16.8 Å². The van der Waals surface area contributed by atoms with Gasteiger partial charge in [0.25, 0.3) is 5.91 Å². The highest BCUT2D eigenvalue weighted by Gasteiger charge is 2.22. The van der Waals surface area contributed by atoms with Crippen molar-refractivity contribution in [2.75, 3.05) is 0 Å². The second-order valence-corrected chi connectivity index (χ2v) is 4.95. The third-order valence-electron chi connectivity index (χ3n) is 3.13. The van der Waals surface area contributed by atoms with Crippen molar-refractivity contribution < 1.29 is 10.0 Å². The fourth-order valence-corrected chi connectivity index (χ4v) is 2.04. The predicted octanol–water partition coefficient (Wildman–Crippen LogP) is 1.13. The number of nitrogens with zero attached hydrogens (tertiary/aromatic N) is 3. The lowest BCUT2D eigenvalue weighted by molar-refractivity contribution is 0.0940. The van der Waals surface area contributed by atoms with Gasteiger partial charge in [-0.1, -0.05) is 25.1 Å². The molecule has 1 heterocycles. The molecule has 110 valence electrons. The molecule has 0 aliphatic rings. The average molecular weight is 287 g/mol. The van der Waals surface area contributed by atoms with E-state index < -0.39 is 6.04 Å². The number of hydrogen-bond acceptors (Lipinski definition) is 5. The van der Waals surface area contributed by atoms with E-state index in [2.05, 4.69) is 20.4 Å². The topological polar surface area (TPSA) is 113 Å². The Kier molecular flexibility index (Phi) is 4.32. The van der Waals surface area contributed by atoms with Crippen LogP contribution < -0.4 is 11.1 Å². The number of fused-ring (bicyclic) bond motifs is 1. The van der Waals surface area contributed by atoms with Crippen molar-refractivity contribution in [3.8, 4) is 0 Å². The molecular formula is C14H17N5O2. The van der Waals surface area contributed by atoms with Crippen LogP contribution in [0.3, 0.4) is 0 Å². The van der Waals surface area contributed by atoms with Gasteiger partial charge in [0.2, 0.25) is 0 Å². The number of hydrogen-bond donors (Lipinski definition) is 3. The predicted molar refractivity (Wildman–Crippen MR) is 79.0 cm³/mol. The molecular weight excluding hydrogens is 270 g/mol. The molecule has 7 nitrogen and oxygen atoms in total. The van der Waals surface area contributed by atoms with Gasteiger partial charge in [-0.3, -0.25) is 14.8 Å². The number of carbonyl (C=O) groups excluding carboxylic acids is 1. The fraction of sp³-hybridized carbons (Fsp3) is 0.286. The second kappa shape index (κ2) is 6.17. The van der Waals surface area contributed by atoms with Crippen LogP contribution >= 0.6 is 0 Å². The zero-order chi connectivity index (χ0) is 15.4. The van der Waals surface area contributed by atoms with Gasteiger partial charge in [0, 0.05) is 12.4 Å². The molecule has 21 heavy (non-hydrogen) atoms. The van der Waals surface area contributed by atoms with Gasteiger partial charge in [-0.2, -0.15) is 0 Å². The number of aromatic nitrogens is 2. The first-order valence-corrected chi connectivity index (χ1v) is 6.52. The summed E-state index contributed by atoms with van der Waals surface area (Å²) < 4.78 is 0. The number of amidine groups is 1. The van der Waals surface area contributed by atoms with Gasteiger partial charge in [0.05, 0.1) is 17.1 Å². The first-order chi connectivity index (χ1) is 10.0. The highest BCUT2D eigenvalue weighted by molar-refractivity contribution is 6.06. The van der Waals surface area contributed by atoms with Gasteiger partial charge in [-0.05, 0) is 18.1 Å². The molecule has 0 fully saturated rings. The maximum absolute atomic E-state index is 12.4. The number of carbonyl (C=O) groups is 1. The second-order valence-electron chi connectivity index (χ2n) is 4.95. The molecule has 1 aromatic heterocycles. The minimum absolute atomic E-state index is 0.0223. The molecule has 0 saturated heterocycles.